The maximum atomic E-state index is 12.9. The third-order valence-electron chi connectivity index (χ3n) is 5.63. The van der Waals surface area contributed by atoms with Gasteiger partial charge in [-0.1, -0.05) is 6.07 Å². The number of anilines is 1. The smallest absolute Gasteiger partial charge is 0.252 e. The van der Waals surface area contributed by atoms with Gasteiger partial charge >= 0.3 is 0 Å². The van der Waals surface area contributed by atoms with Crippen LogP contribution in [0.25, 0.3) is 5.65 Å². The first-order valence-corrected chi connectivity index (χ1v) is 9.70. The molecule has 1 saturated heterocycles. The predicted octanol–water partition coefficient (Wildman–Crippen LogP) is 1.67. The van der Waals surface area contributed by atoms with E-state index in [-0.39, 0.29) is 23.2 Å². The van der Waals surface area contributed by atoms with Crippen LogP contribution < -0.4 is 11.5 Å². The lowest BCUT2D eigenvalue weighted by Gasteiger charge is -2.32. The number of hydrogen-bond acceptors (Lipinski definition) is 5. The number of carbonyl (C=O) groups excluding carboxylic acids is 2. The van der Waals surface area contributed by atoms with Crippen LogP contribution in [0.15, 0.2) is 36.5 Å². The number of nitrogens with two attached hydrogens (primary N) is 2. The van der Waals surface area contributed by atoms with Gasteiger partial charge in [0.05, 0.1) is 23.4 Å². The number of pyridine rings is 2. The predicted molar refractivity (Wildman–Crippen MR) is 109 cm³/mol. The van der Waals surface area contributed by atoms with Crippen LogP contribution in [0, 0.1) is 6.92 Å². The molecule has 0 aliphatic carbocycles. The van der Waals surface area contributed by atoms with Gasteiger partial charge in [-0.15, -0.1) is 0 Å². The first-order chi connectivity index (χ1) is 13.9. The molecule has 4 heterocycles. The first-order valence-electron chi connectivity index (χ1n) is 9.70. The number of nitrogen functional groups attached to an aromatic ring is 1. The summed E-state index contributed by atoms with van der Waals surface area (Å²) in [5.74, 6) is -0.101. The van der Waals surface area contributed by atoms with Crippen LogP contribution in [0.1, 0.15) is 46.2 Å². The summed E-state index contributed by atoms with van der Waals surface area (Å²) in [7, 11) is 0. The molecule has 1 aliphatic heterocycles. The van der Waals surface area contributed by atoms with Gasteiger partial charge in [0.25, 0.3) is 5.91 Å². The van der Waals surface area contributed by atoms with Crippen molar-refractivity contribution in [2.45, 2.75) is 32.1 Å². The van der Waals surface area contributed by atoms with Crippen molar-refractivity contribution >= 4 is 23.3 Å². The van der Waals surface area contributed by atoms with Crippen LogP contribution in [-0.4, -0.2) is 44.2 Å². The van der Waals surface area contributed by atoms with E-state index in [0.717, 1.165) is 35.6 Å². The molecule has 4 rings (SSSR count). The zero-order valence-electron chi connectivity index (χ0n) is 16.3. The van der Waals surface area contributed by atoms with E-state index in [1.54, 1.807) is 12.1 Å². The number of aromatic nitrogens is 3. The molecule has 29 heavy (non-hydrogen) atoms. The number of fused-ring (bicyclic) bond motifs is 1. The van der Waals surface area contributed by atoms with Gasteiger partial charge in [0, 0.05) is 30.9 Å². The van der Waals surface area contributed by atoms with Gasteiger partial charge in [-0.25, -0.2) is 9.97 Å². The van der Waals surface area contributed by atoms with Crippen molar-refractivity contribution < 1.29 is 9.59 Å². The molecule has 3 aromatic rings. The summed E-state index contributed by atoms with van der Waals surface area (Å²) in [4.78, 5) is 35.0. The van der Waals surface area contributed by atoms with Crippen LogP contribution in [0.3, 0.4) is 0 Å². The molecular weight excluding hydrogens is 368 g/mol. The van der Waals surface area contributed by atoms with Crippen LogP contribution in [0.4, 0.5) is 5.82 Å². The summed E-state index contributed by atoms with van der Waals surface area (Å²) in [6.45, 7) is 3.27. The van der Waals surface area contributed by atoms with Gasteiger partial charge in [-0.3, -0.25) is 9.59 Å². The van der Waals surface area contributed by atoms with Crippen LogP contribution in [0.2, 0.25) is 0 Å². The number of likely N-dealkylation sites (tertiary alicyclic amines) is 1. The largest absolute Gasteiger partial charge is 0.383 e. The first kappa shape index (κ1) is 18.9. The van der Waals surface area contributed by atoms with Gasteiger partial charge in [0.1, 0.15) is 11.5 Å². The summed E-state index contributed by atoms with van der Waals surface area (Å²) < 4.78 is 1.98. The van der Waals surface area contributed by atoms with E-state index in [0.29, 0.717) is 19.5 Å². The molecule has 1 fully saturated rings. The highest BCUT2D eigenvalue weighted by atomic mass is 16.2. The Balaban J connectivity index is 1.41. The minimum absolute atomic E-state index is 0.105. The summed E-state index contributed by atoms with van der Waals surface area (Å²) in [6.07, 6.45) is 3.89. The van der Waals surface area contributed by atoms with Gasteiger partial charge in [-0.2, -0.15) is 0 Å². The Morgan fingerprint density at radius 2 is 1.90 bits per heavy atom. The normalized spacial score (nSPS) is 15.0. The Morgan fingerprint density at radius 1 is 1.14 bits per heavy atom. The molecule has 2 amide bonds. The fourth-order valence-corrected chi connectivity index (χ4v) is 3.98. The molecule has 8 heteroatoms. The second kappa shape index (κ2) is 7.54. The number of primary amides is 1. The number of imidazole rings is 1. The molecule has 3 aromatic heterocycles. The Bertz CT molecular complexity index is 1080. The van der Waals surface area contributed by atoms with Crippen molar-refractivity contribution in [2.24, 2.45) is 5.73 Å². The van der Waals surface area contributed by atoms with Crippen LogP contribution >= 0.6 is 0 Å². The quantitative estimate of drug-likeness (QED) is 0.700. The number of carbonyl (C=O) groups is 2. The molecule has 4 N–H and O–H groups in total. The Labute approximate surface area is 168 Å². The Morgan fingerprint density at radius 3 is 2.59 bits per heavy atom. The molecule has 0 bridgehead atoms. The maximum absolute atomic E-state index is 12.9. The molecule has 8 nitrogen and oxygen atoms in total. The summed E-state index contributed by atoms with van der Waals surface area (Å²) in [6, 6.07) is 9.25. The molecule has 0 aromatic carbocycles. The average molecular weight is 392 g/mol. The molecular formula is C21H24N6O2. The number of piperidine rings is 1. The summed E-state index contributed by atoms with van der Waals surface area (Å²) in [5, 5.41) is 0. The van der Waals surface area contributed by atoms with Gasteiger partial charge in [0.15, 0.2) is 0 Å². The maximum Gasteiger partial charge on any atom is 0.252 e. The monoisotopic (exact) mass is 392 g/mol. The number of hydrogen-bond donors (Lipinski definition) is 2. The van der Waals surface area contributed by atoms with Crippen LogP contribution in [0.5, 0.6) is 0 Å². The standard InChI is InChI=1S/C21H24N6O2/c1-13-17(27-9-3-2-4-18(27)24-13)12-19(28)26-10-7-14(8-11-26)16-6-5-15(21(23)29)20(22)25-16/h2-6,9,14H,7-8,10-12H2,1H3,(H2,22,25)(H2,23,29). The van der Waals surface area contributed by atoms with Crippen molar-refractivity contribution in [2.75, 3.05) is 18.8 Å². The second-order valence-electron chi connectivity index (χ2n) is 7.44. The van der Waals surface area contributed by atoms with Crippen molar-refractivity contribution in [1.29, 1.82) is 0 Å². The molecule has 150 valence electrons. The number of aryl methyl sites for hydroxylation is 1. The van der Waals surface area contributed by atoms with E-state index >= 15 is 0 Å². The third-order valence-corrected chi connectivity index (χ3v) is 5.63. The van der Waals surface area contributed by atoms with E-state index < -0.39 is 5.91 Å². The number of nitrogens with zero attached hydrogens (tertiary/aromatic N) is 4. The minimum atomic E-state index is -0.579. The Hall–Kier alpha value is -3.42. The lowest BCUT2D eigenvalue weighted by molar-refractivity contribution is -0.131. The van der Waals surface area contributed by atoms with Crippen LogP contribution in [-0.2, 0) is 11.2 Å². The van der Waals surface area contributed by atoms with E-state index in [1.807, 2.05) is 40.6 Å². The highest BCUT2D eigenvalue weighted by Crippen LogP contribution is 2.28. The topological polar surface area (TPSA) is 120 Å². The van der Waals surface area contributed by atoms with Crippen molar-refractivity contribution in [3.05, 3.63) is 59.2 Å². The SMILES string of the molecule is Cc1nc2ccccn2c1CC(=O)N1CCC(c2ccc(C(N)=O)c(N)n2)CC1. The highest BCUT2D eigenvalue weighted by Gasteiger charge is 2.26. The molecule has 0 atom stereocenters. The van der Waals surface area contributed by atoms with E-state index in [9.17, 15) is 9.59 Å². The number of amides is 2. The van der Waals surface area contributed by atoms with Crippen molar-refractivity contribution in [3.63, 3.8) is 0 Å². The Kier molecular flexibility index (Phi) is 4.92. The van der Waals surface area contributed by atoms with E-state index in [1.165, 1.54) is 0 Å². The lowest BCUT2D eigenvalue weighted by Crippen LogP contribution is -2.39. The van der Waals surface area contributed by atoms with Gasteiger partial charge in [0.2, 0.25) is 5.91 Å². The fraction of sp³-hybridized carbons (Fsp3) is 0.333. The van der Waals surface area contributed by atoms with Crippen molar-refractivity contribution in [1.82, 2.24) is 19.3 Å². The minimum Gasteiger partial charge on any atom is -0.383 e. The van der Waals surface area contributed by atoms with Crippen molar-refractivity contribution in [3.8, 4) is 0 Å². The second-order valence-corrected chi connectivity index (χ2v) is 7.44. The van der Waals surface area contributed by atoms with E-state index in [2.05, 4.69) is 9.97 Å². The molecule has 0 saturated carbocycles. The zero-order valence-corrected chi connectivity index (χ0v) is 16.3. The molecule has 1 aliphatic rings. The van der Waals surface area contributed by atoms with Gasteiger partial charge in [-0.05, 0) is 44.0 Å². The third kappa shape index (κ3) is 3.65. The molecule has 0 spiro atoms. The average Bonchev–Trinajstić information content (AvgIpc) is 3.03. The number of rotatable bonds is 4. The fourth-order valence-electron chi connectivity index (χ4n) is 3.98. The van der Waals surface area contributed by atoms with Gasteiger partial charge < -0.3 is 20.8 Å². The summed E-state index contributed by atoms with van der Waals surface area (Å²) in [5.41, 5.74) is 14.9. The van der Waals surface area contributed by atoms with E-state index in [4.69, 9.17) is 11.5 Å². The highest BCUT2D eigenvalue weighted by molar-refractivity contribution is 5.97. The molecule has 0 unspecified atom stereocenters. The lowest BCUT2D eigenvalue weighted by atomic mass is 9.92. The summed E-state index contributed by atoms with van der Waals surface area (Å²) >= 11 is 0. The zero-order chi connectivity index (χ0) is 20.5. The molecule has 0 radical (unpaired) electrons.